The number of rotatable bonds is 2. The van der Waals surface area contributed by atoms with Crippen molar-refractivity contribution in [3.05, 3.63) is 70.1 Å². The van der Waals surface area contributed by atoms with Gasteiger partial charge in [0.05, 0.1) is 10.6 Å². The zero-order valence-electron chi connectivity index (χ0n) is 10.9. The summed E-state index contributed by atoms with van der Waals surface area (Å²) in [7, 11) is 0. The molecule has 1 aliphatic heterocycles. The molecule has 0 atom stereocenters. The number of nitrogens with zero attached hydrogens (tertiary/aromatic N) is 1. The molecule has 0 spiro atoms. The SMILES string of the molecule is O=C1N/C(=N\c2ccc(Cl)cc2)S/C1=C\c1ccccc1. The van der Waals surface area contributed by atoms with E-state index in [2.05, 4.69) is 10.3 Å². The number of halogens is 1. The van der Waals surface area contributed by atoms with Crippen molar-refractivity contribution in [3.8, 4) is 0 Å². The highest BCUT2D eigenvalue weighted by Gasteiger charge is 2.23. The Morgan fingerprint density at radius 1 is 1.05 bits per heavy atom. The van der Waals surface area contributed by atoms with Crippen molar-refractivity contribution < 1.29 is 4.79 Å². The molecule has 21 heavy (non-hydrogen) atoms. The van der Waals surface area contributed by atoms with Crippen LogP contribution in [0.3, 0.4) is 0 Å². The first-order valence-electron chi connectivity index (χ1n) is 6.31. The first-order chi connectivity index (χ1) is 10.2. The minimum atomic E-state index is -0.128. The molecule has 0 radical (unpaired) electrons. The van der Waals surface area contributed by atoms with Crippen molar-refractivity contribution in [2.45, 2.75) is 0 Å². The van der Waals surface area contributed by atoms with Crippen LogP contribution in [0.25, 0.3) is 6.08 Å². The van der Waals surface area contributed by atoms with Crippen LogP contribution in [0.4, 0.5) is 5.69 Å². The van der Waals surface area contributed by atoms with Crippen LogP contribution in [0.5, 0.6) is 0 Å². The average Bonchev–Trinajstić information content (AvgIpc) is 2.82. The number of aliphatic imine (C=N–C) groups is 1. The van der Waals surface area contributed by atoms with Crippen LogP contribution in [-0.4, -0.2) is 11.1 Å². The van der Waals surface area contributed by atoms with Gasteiger partial charge in [-0.05, 0) is 47.7 Å². The van der Waals surface area contributed by atoms with Crippen LogP contribution < -0.4 is 5.32 Å². The zero-order chi connectivity index (χ0) is 14.7. The van der Waals surface area contributed by atoms with E-state index in [1.165, 1.54) is 11.8 Å². The van der Waals surface area contributed by atoms with Gasteiger partial charge in [-0.1, -0.05) is 41.9 Å². The largest absolute Gasteiger partial charge is 0.300 e. The van der Waals surface area contributed by atoms with Crippen LogP contribution in [0.15, 0.2) is 64.5 Å². The Kier molecular flexibility index (Phi) is 4.08. The second-order valence-electron chi connectivity index (χ2n) is 4.37. The Balaban J connectivity index is 1.81. The maximum Gasteiger partial charge on any atom is 0.264 e. The number of hydrogen-bond donors (Lipinski definition) is 1. The van der Waals surface area contributed by atoms with Gasteiger partial charge in [0.2, 0.25) is 0 Å². The quantitative estimate of drug-likeness (QED) is 0.843. The van der Waals surface area contributed by atoms with E-state index in [1.54, 1.807) is 24.3 Å². The molecule has 104 valence electrons. The predicted molar refractivity (Wildman–Crippen MR) is 88.7 cm³/mol. The summed E-state index contributed by atoms with van der Waals surface area (Å²) in [5.74, 6) is -0.128. The van der Waals surface area contributed by atoms with Crippen LogP contribution in [0.1, 0.15) is 5.56 Å². The molecule has 0 aliphatic carbocycles. The van der Waals surface area contributed by atoms with Gasteiger partial charge in [0.25, 0.3) is 5.91 Å². The number of amidine groups is 1. The van der Waals surface area contributed by atoms with Gasteiger partial charge < -0.3 is 5.32 Å². The lowest BCUT2D eigenvalue weighted by Gasteiger charge is -1.96. The molecule has 1 heterocycles. The molecular weight excluding hydrogens is 304 g/mol. The summed E-state index contributed by atoms with van der Waals surface area (Å²) in [5, 5.41) is 3.99. The van der Waals surface area contributed by atoms with Crippen molar-refractivity contribution in [2.24, 2.45) is 4.99 Å². The van der Waals surface area contributed by atoms with Crippen LogP contribution in [0, 0.1) is 0 Å². The highest BCUT2D eigenvalue weighted by atomic mass is 35.5. The van der Waals surface area contributed by atoms with E-state index in [-0.39, 0.29) is 5.91 Å². The van der Waals surface area contributed by atoms with E-state index in [1.807, 2.05) is 36.4 Å². The van der Waals surface area contributed by atoms with Gasteiger partial charge in [-0.2, -0.15) is 0 Å². The Morgan fingerprint density at radius 3 is 2.48 bits per heavy atom. The number of carbonyl (C=O) groups is 1. The molecule has 0 unspecified atom stereocenters. The Bertz CT molecular complexity index is 724. The summed E-state index contributed by atoms with van der Waals surface area (Å²) in [5.41, 5.74) is 1.74. The normalized spacial score (nSPS) is 18.2. The molecule has 1 aliphatic rings. The standard InChI is InChI=1S/C16H11ClN2OS/c17-12-6-8-13(9-7-12)18-16-19-15(20)14(21-16)10-11-4-2-1-3-5-11/h1-10H,(H,18,19,20)/b14-10-. The topological polar surface area (TPSA) is 41.5 Å². The Morgan fingerprint density at radius 2 is 1.76 bits per heavy atom. The van der Waals surface area contributed by atoms with Crippen LogP contribution >= 0.6 is 23.4 Å². The van der Waals surface area contributed by atoms with Crippen molar-refractivity contribution in [1.82, 2.24) is 5.32 Å². The van der Waals surface area contributed by atoms with Crippen molar-refractivity contribution in [2.75, 3.05) is 0 Å². The van der Waals surface area contributed by atoms with Crippen LogP contribution in [-0.2, 0) is 4.79 Å². The molecule has 1 N–H and O–H groups in total. The molecule has 3 rings (SSSR count). The van der Waals surface area contributed by atoms with Gasteiger partial charge in [0, 0.05) is 5.02 Å². The van der Waals surface area contributed by atoms with Crippen molar-refractivity contribution >= 4 is 46.2 Å². The molecule has 2 aromatic carbocycles. The maximum atomic E-state index is 11.9. The lowest BCUT2D eigenvalue weighted by atomic mass is 10.2. The predicted octanol–water partition coefficient (Wildman–Crippen LogP) is 4.23. The lowest BCUT2D eigenvalue weighted by molar-refractivity contribution is -0.115. The summed E-state index contributed by atoms with van der Waals surface area (Å²) in [6, 6.07) is 16.9. The number of amides is 1. The van der Waals surface area contributed by atoms with Gasteiger partial charge in [-0.25, -0.2) is 4.99 Å². The van der Waals surface area contributed by atoms with Gasteiger partial charge in [-0.15, -0.1) is 0 Å². The first kappa shape index (κ1) is 13.9. The minimum Gasteiger partial charge on any atom is -0.300 e. The molecule has 5 heteroatoms. The molecule has 1 saturated heterocycles. The third-order valence-corrected chi connectivity index (χ3v) is 3.97. The number of hydrogen-bond acceptors (Lipinski definition) is 3. The lowest BCUT2D eigenvalue weighted by Crippen LogP contribution is -2.19. The number of thioether (sulfide) groups is 1. The number of carbonyl (C=O) groups excluding carboxylic acids is 1. The van der Waals surface area contributed by atoms with E-state index in [0.717, 1.165) is 11.3 Å². The average molecular weight is 315 g/mol. The minimum absolute atomic E-state index is 0.128. The summed E-state index contributed by atoms with van der Waals surface area (Å²) in [4.78, 5) is 17.0. The van der Waals surface area contributed by atoms with Crippen molar-refractivity contribution in [1.29, 1.82) is 0 Å². The summed E-state index contributed by atoms with van der Waals surface area (Å²) >= 11 is 7.16. The summed E-state index contributed by atoms with van der Waals surface area (Å²) in [6.45, 7) is 0. The second kappa shape index (κ2) is 6.16. The number of benzene rings is 2. The summed E-state index contributed by atoms with van der Waals surface area (Å²) in [6.07, 6.45) is 1.85. The number of nitrogens with one attached hydrogen (secondary N) is 1. The first-order valence-corrected chi connectivity index (χ1v) is 7.50. The molecule has 1 amide bonds. The van der Waals surface area contributed by atoms with Crippen LogP contribution in [0.2, 0.25) is 5.02 Å². The second-order valence-corrected chi connectivity index (χ2v) is 5.84. The highest BCUT2D eigenvalue weighted by molar-refractivity contribution is 8.18. The fraction of sp³-hybridized carbons (Fsp3) is 0. The van der Waals surface area contributed by atoms with Gasteiger partial charge >= 0.3 is 0 Å². The Hall–Kier alpha value is -2.04. The van der Waals surface area contributed by atoms with E-state index in [4.69, 9.17) is 11.6 Å². The fourth-order valence-electron chi connectivity index (χ4n) is 1.81. The Labute approximate surface area is 131 Å². The third-order valence-electron chi connectivity index (χ3n) is 2.81. The van der Waals surface area contributed by atoms with Crippen molar-refractivity contribution in [3.63, 3.8) is 0 Å². The van der Waals surface area contributed by atoms with E-state index >= 15 is 0 Å². The zero-order valence-corrected chi connectivity index (χ0v) is 12.5. The maximum absolute atomic E-state index is 11.9. The van der Waals surface area contributed by atoms with E-state index in [9.17, 15) is 4.79 Å². The van der Waals surface area contributed by atoms with Gasteiger partial charge in [-0.3, -0.25) is 4.79 Å². The molecular formula is C16H11ClN2OS. The molecule has 0 saturated carbocycles. The van der Waals surface area contributed by atoms with Gasteiger partial charge in [0.1, 0.15) is 0 Å². The third kappa shape index (κ3) is 3.54. The van der Waals surface area contributed by atoms with E-state index < -0.39 is 0 Å². The fourth-order valence-corrected chi connectivity index (χ4v) is 2.78. The monoisotopic (exact) mass is 314 g/mol. The smallest absolute Gasteiger partial charge is 0.264 e. The highest BCUT2D eigenvalue weighted by Crippen LogP contribution is 2.28. The molecule has 0 bridgehead atoms. The molecule has 0 aromatic heterocycles. The molecule has 2 aromatic rings. The van der Waals surface area contributed by atoms with Gasteiger partial charge in [0.15, 0.2) is 5.17 Å². The van der Waals surface area contributed by atoms with E-state index in [0.29, 0.717) is 15.1 Å². The molecule has 3 nitrogen and oxygen atoms in total. The molecule has 1 fully saturated rings. The summed E-state index contributed by atoms with van der Waals surface area (Å²) < 4.78 is 0.